The van der Waals surface area contributed by atoms with Crippen molar-refractivity contribution in [1.82, 2.24) is 0 Å². The maximum absolute atomic E-state index is 11.2. The van der Waals surface area contributed by atoms with Gasteiger partial charge in [-0.3, -0.25) is 4.79 Å². The van der Waals surface area contributed by atoms with E-state index in [2.05, 4.69) is 6.58 Å². The molecule has 2 nitrogen and oxygen atoms in total. The molecule has 3 heteroatoms. The fraction of sp³-hybridized carbons (Fsp3) is 0.250. The number of allylic oxidation sites excluding steroid dienone is 1. The van der Waals surface area contributed by atoms with E-state index in [4.69, 9.17) is 16.3 Å². The lowest BCUT2D eigenvalue weighted by Crippen LogP contribution is -2.07. The molecule has 0 saturated carbocycles. The van der Waals surface area contributed by atoms with Gasteiger partial charge in [0.2, 0.25) is 0 Å². The van der Waals surface area contributed by atoms with Crippen molar-refractivity contribution in [3.63, 3.8) is 0 Å². The lowest BCUT2D eigenvalue weighted by atomic mass is 10.1. The average molecular weight is 225 g/mol. The lowest BCUT2D eigenvalue weighted by molar-refractivity contribution is -0.134. The fourth-order valence-electron chi connectivity index (χ4n) is 1.17. The number of esters is 1. The van der Waals surface area contributed by atoms with Crippen LogP contribution < -0.4 is 4.74 Å². The number of rotatable bonds is 4. The highest BCUT2D eigenvalue weighted by molar-refractivity contribution is 6.32. The van der Waals surface area contributed by atoms with Crippen molar-refractivity contribution in [2.45, 2.75) is 19.8 Å². The Hall–Kier alpha value is -1.28. The second-order valence-electron chi connectivity index (χ2n) is 3.05. The van der Waals surface area contributed by atoms with Crippen LogP contribution >= 0.6 is 11.6 Å². The first kappa shape index (κ1) is 11.8. The third-order valence-corrected chi connectivity index (χ3v) is 2.21. The smallest absolute Gasteiger partial charge is 0.310 e. The van der Waals surface area contributed by atoms with E-state index in [0.29, 0.717) is 23.6 Å². The predicted molar refractivity (Wildman–Crippen MR) is 61.3 cm³/mol. The number of hydrogen-bond donors (Lipinski definition) is 0. The number of ether oxygens (including phenoxy) is 1. The van der Waals surface area contributed by atoms with Gasteiger partial charge in [-0.05, 0) is 12.5 Å². The molecule has 1 rings (SSSR count). The summed E-state index contributed by atoms with van der Waals surface area (Å²) >= 11 is 5.95. The van der Waals surface area contributed by atoms with Crippen LogP contribution in [0.2, 0.25) is 5.02 Å². The molecule has 0 bridgehead atoms. The van der Waals surface area contributed by atoms with Crippen molar-refractivity contribution in [2.24, 2.45) is 0 Å². The Morgan fingerprint density at radius 2 is 2.33 bits per heavy atom. The minimum atomic E-state index is -0.284. The highest BCUT2D eigenvalue weighted by Crippen LogP contribution is 2.29. The van der Waals surface area contributed by atoms with Gasteiger partial charge in [0.15, 0.2) is 5.75 Å². The monoisotopic (exact) mass is 224 g/mol. The summed E-state index contributed by atoms with van der Waals surface area (Å²) < 4.78 is 5.16. The van der Waals surface area contributed by atoms with E-state index in [1.54, 1.807) is 19.1 Å². The molecule has 0 spiro atoms. The maximum atomic E-state index is 11.2. The van der Waals surface area contributed by atoms with Crippen LogP contribution in [-0.4, -0.2) is 5.97 Å². The highest BCUT2D eigenvalue weighted by Gasteiger charge is 2.10. The van der Waals surface area contributed by atoms with Crippen LogP contribution in [0.4, 0.5) is 0 Å². The van der Waals surface area contributed by atoms with Crippen LogP contribution in [0.15, 0.2) is 30.9 Å². The normalized spacial score (nSPS) is 9.73. The van der Waals surface area contributed by atoms with Crippen LogP contribution in [0.25, 0.3) is 0 Å². The Labute approximate surface area is 94.5 Å². The SMILES string of the molecule is C=CCc1cccc(Cl)c1OC(=O)CC. The summed E-state index contributed by atoms with van der Waals surface area (Å²) in [5, 5.41) is 0.455. The quantitative estimate of drug-likeness (QED) is 0.445. The summed E-state index contributed by atoms with van der Waals surface area (Å²) in [5.41, 5.74) is 0.874. The Morgan fingerprint density at radius 3 is 2.93 bits per heavy atom. The van der Waals surface area contributed by atoms with E-state index in [0.717, 1.165) is 5.56 Å². The number of benzene rings is 1. The first-order valence-corrected chi connectivity index (χ1v) is 5.15. The van der Waals surface area contributed by atoms with E-state index in [-0.39, 0.29) is 5.97 Å². The standard InChI is InChI=1S/C12H13ClO2/c1-3-6-9-7-5-8-10(13)12(9)15-11(14)4-2/h3,5,7-8H,1,4,6H2,2H3. The number of carbonyl (C=O) groups excluding carboxylic acids is 1. The molecule has 0 N–H and O–H groups in total. The molecule has 0 aliphatic carbocycles. The molecule has 0 unspecified atom stereocenters. The minimum absolute atomic E-state index is 0.284. The van der Waals surface area contributed by atoms with E-state index < -0.39 is 0 Å². The van der Waals surface area contributed by atoms with Gasteiger partial charge in [-0.1, -0.05) is 36.7 Å². The van der Waals surface area contributed by atoms with Gasteiger partial charge >= 0.3 is 5.97 Å². The zero-order valence-corrected chi connectivity index (χ0v) is 9.38. The van der Waals surface area contributed by atoms with Crippen LogP contribution in [0.1, 0.15) is 18.9 Å². The maximum Gasteiger partial charge on any atom is 0.310 e. The average Bonchev–Trinajstić information content (AvgIpc) is 2.23. The van der Waals surface area contributed by atoms with Gasteiger partial charge in [-0.25, -0.2) is 0 Å². The number of halogens is 1. The van der Waals surface area contributed by atoms with Gasteiger partial charge in [0, 0.05) is 12.0 Å². The molecule has 0 atom stereocenters. The van der Waals surface area contributed by atoms with Crippen LogP contribution in [0.5, 0.6) is 5.75 Å². The summed E-state index contributed by atoms with van der Waals surface area (Å²) in [7, 11) is 0. The largest absolute Gasteiger partial charge is 0.425 e. The van der Waals surface area contributed by atoms with Crippen LogP contribution in [0.3, 0.4) is 0 Å². The Balaban J connectivity index is 3.01. The summed E-state index contributed by atoms with van der Waals surface area (Å²) in [6.45, 7) is 5.38. The highest BCUT2D eigenvalue weighted by atomic mass is 35.5. The molecule has 1 aromatic carbocycles. The summed E-state index contributed by atoms with van der Waals surface area (Å²) in [6.07, 6.45) is 2.71. The van der Waals surface area contributed by atoms with Gasteiger partial charge < -0.3 is 4.74 Å². The fourth-order valence-corrected chi connectivity index (χ4v) is 1.40. The summed E-state index contributed by atoms with van der Waals surface area (Å²) in [6, 6.07) is 5.39. The van der Waals surface area contributed by atoms with Crippen molar-refractivity contribution in [3.05, 3.63) is 41.4 Å². The number of carbonyl (C=O) groups is 1. The third-order valence-electron chi connectivity index (χ3n) is 1.92. The molecule has 15 heavy (non-hydrogen) atoms. The van der Waals surface area contributed by atoms with E-state index in [1.807, 2.05) is 12.1 Å². The van der Waals surface area contributed by atoms with Crippen LogP contribution in [0, 0.1) is 0 Å². The predicted octanol–water partition coefficient (Wildman–Crippen LogP) is 3.38. The molecule has 0 saturated heterocycles. The topological polar surface area (TPSA) is 26.3 Å². The number of hydrogen-bond acceptors (Lipinski definition) is 2. The van der Waals surface area contributed by atoms with E-state index in [9.17, 15) is 4.79 Å². The molecular formula is C12H13ClO2. The zero-order valence-electron chi connectivity index (χ0n) is 8.63. The van der Waals surface area contributed by atoms with Gasteiger partial charge in [0.25, 0.3) is 0 Å². The molecule has 0 aliphatic rings. The van der Waals surface area contributed by atoms with Crippen molar-refractivity contribution >= 4 is 17.6 Å². The lowest BCUT2D eigenvalue weighted by Gasteiger charge is -2.09. The van der Waals surface area contributed by atoms with Gasteiger partial charge in [0.1, 0.15) is 0 Å². The molecule has 0 fully saturated rings. The van der Waals surface area contributed by atoms with Crippen molar-refractivity contribution < 1.29 is 9.53 Å². The van der Waals surface area contributed by atoms with Gasteiger partial charge in [-0.15, -0.1) is 6.58 Å². The second-order valence-corrected chi connectivity index (χ2v) is 3.46. The Morgan fingerprint density at radius 1 is 1.60 bits per heavy atom. The molecule has 0 heterocycles. The summed E-state index contributed by atoms with van der Waals surface area (Å²) in [4.78, 5) is 11.2. The number of para-hydroxylation sites is 1. The minimum Gasteiger partial charge on any atom is -0.425 e. The zero-order chi connectivity index (χ0) is 11.3. The first-order valence-electron chi connectivity index (χ1n) is 4.78. The van der Waals surface area contributed by atoms with Crippen molar-refractivity contribution in [3.8, 4) is 5.75 Å². The molecule has 0 radical (unpaired) electrons. The van der Waals surface area contributed by atoms with Crippen molar-refractivity contribution in [2.75, 3.05) is 0 Å². The molecule has 80 valence electrons. The first-order chi connectivity index (χ1) is 7.19. The molecule has 0 aromatic heterocycles. The summed E-state index contributed by atoms with van der Waals surface area (Å²) in [5.74, 6) is 0.166. The molecule has 0 amide bonds. The molecular weight excluding hydrogens is 212 g/mol. The third kappa shape index (κ3) is 3.10. The van der Waals surface area contributed by atoms with E-state index in [1.165, 1.54) is 0 Å². The Kier molecular flexibility index (Phi) is 4.37. The van der Waals surface area contributed by atoms with Gasteiger partial charge in [0.05, 0.1) is 5.02 Å². The van der Waals surface area contributed by atoms with Gasteiger partial charge in [-0.2, -0.15) is 0 Å². The van der Waals surface area contributed by atoms with Crippen LogP contribution in [-0.2, 0) is 11.2 Å². The van der Waals surface area contributed by atoms with Crippen molar-refractivity contribution in [1.29, 1.82) is 0 Å². The van der Waals surface area contributed by atoms with E-state index >= 15 is 0 Å². The Bertz CT molecular complexity index is 372. The molecule has 1 aromatic rings. The second kappa shape index (κ2) is 5.56. The molecule has 0 aliphatic heterocycles.